The lowest BCUT2D eigenvalue weighted by atomic mass is 10.1. The summed E-state index contributed by atoms with van der Waals surface area (Å²) in [5.74, 6) is 0. The highest BCUT2D eigenvalue weighted by molar-refractivity contribution is 6.09. The van der Waals surface area contributed by atoms with Crippen LogP contribution in [0.5, 0.6) is 0 Å². The minimum absolute atomic E-state index is 0.766. The molecule has 0 fully saturated rings. The Labute approximate surface area is 181 Å². The Hall–Kier alpha value is -4.12. The summed E-state index contributed by atoms with van der Waals surface area (Å²) in [5.41, 5.74) is 19.9. The van der Waals surface area contributed by atoms with Gasteiger partial charge in [0.15, 0.2) is 0 Å². The van der Waals surface area contributed by atoms with Gasteiger partial charge >= 0.3 is 0 Å². The van der Waals surface area contributed by atoms with Crippen molar-refractivity contribution in [2.24, 2.45) is 0 Å². The van der Waals surface area contributed by atoms with Gasteiger partial charge in [-0.2, -0.15) is 0 Å². The molecule has 0 atom stereocenters. The summed E-state index contributed by atoms with van der Waals surface area (Å²) in [4.78, 5) is 7.87. The van der Waals surface area contributed by atoms with E-state index in [0.717, 1.165) is 45.2 Å². The van der Waals surface area contributed by atoms with Crippen LogP contribution in [0.1, 0.15) is 0 Å². The highest BCUT2D eigenvalue weighted by atomic mass is 15.1. The van der Waals surface area contributed by atoms with Crippen molar-refractivity contribution >= 4 is 55.9 Å². The molecular formula is C26H25N5. The van der Waals surface area contributed by atoms with Gasteiger partial charge in [-0.25, -0.2) is 0 Å². The quantitative estimate of drug-likeness (QED) is 0.318. The Kier molecular flexibility index (Phi) is 4.44. The molecular weight excluding hydrogens is 382 g/mol. The van der Waals surface area contributed by atoms with E-state index in [2.05, 4.69) is 65.3 Å². The Bertz CT molecular complexity index is 1260. The lowest BCUT2D eigenvalue weighted by molar-refractivity contribution is 1.21. The van der Waals surface area contributed by atoms with Gasteiger partial charge < -0.3 is 26.3 Å². The molecule has 0 spiro atoms. The van der Waals surface area contributed by atoms with Crippen molar-refractivity contribution in [2.75, 3.05) is 35.4 Å². The summed E-state index contributed by atoms with van der Waals surface area (Å²) in [7, 11) is 4.14. The van der Waals surface area contributed by atoms with E-state index in [1.54, 1.807) is 0 Å². The van der Waals surface area contributed by atoms with Gasteiger partial charge in [-0.1, -0.05) is 0 Å². The SMILES string of the molecule is CN(c1ccc(N)cc1)c1ccc2[nH]c3ccc(N(C)c4ccc(N)cc4)cc3c2c1. The predicted molar refractivity (Wildman–Crippen MR) is 134 cm³/mol. The third-order valence-corrected chi connectivity index (χ3v) is 5.90. The Morgan fingerprint density at radius 3 is 1.26 bits per heavy atom. The van der Waals surface area contributed by atoms with Crippen molar-refractivity contribution in [3.8, 4) is 0 Å². The van der Waals surface area contributed by atoms with E-state index >= 15 is 0 Å². The van der Waals surface area contributed by atoms with Crippen molar-refractivity contribution in [1.29, 1.82) is 0 Å². The van der Waals surface area contributed by atoms with Crippen molar-refractivity contribution in [1.82, 2.24) is 4.98 Å². The molecule has 0 aliphatic heterocycles. The topological polar surface area (TPSA) is 74.3 Å². The molecule has 5 aromatic rings. The second-order valence-electron chi connectivity index (χ2n) is 7.89. The molecule has 0 saturated carbocycles. The van der Waals surface area contributed by atoms with Crippen molar-refractivity contribution in [3.05, 3.63) is 84.9 Å². The molecule has 0 amide bonds. The molecule has 4 aromatic carbocycles. The predicted octanol–water partition coefficient (Wildman–Crippen LogP) is 6.02. The van der Waals surface area contributed by atoms with Crippen LogP contribution < -0.4 is 21.3 Å². The monoisotopic (exact) mass is 407 g/mol. The largest absolute Gasteiger partial charge is 0.399 e. The number of nitrogens with two attached hydrogens (primary N) is 2. The smallest absolute Gasteiger partial charge is 0.0466 e. The summed E-state index contributed by atoms with van der Waals surface area (Å²) in [6.07, 6.45) is 0. The third-order valence-electron chi connectivity index (χ3n) is 5.90. The van der Waals surface area contributed by atoms with E-state index in [1.165, 1.54) is 10.8 Å². The first-order chi connectivity index (χ1) is 15.0. The molecule has 5 nitrogen and oxygen atoms in total. The molecule has 154 valence electrons. The molecule has 5 heteroatoms. The zero-order chi connectivity index (χ0) is 21.5. The average Bonchev–Trinajstić information content (AvgIpc) is 3.16. The molecule has 31 heavy (non-hydrogen) atoms. The number of rotatable bonds is 4. The zero-order valence-corrected chi connectivity index (χ0v) is 17.6. The maximum absolute atomic E-state index is 5.84. The van der Waals surface area contributed by atoms with Crippen LogP contribution in [0.3, 0.4) is 0 Å². The maximum Gasteiger partial charge on any atom is 0.0466 e. The summed E-state index contributed by atoms with van der Waals surface area (Å²) in [6.45, 7) is 0. The molecule has 0 aliphatic rings. The number of benzene rings is 4. The number of anilines is 6. The van der Waals surface area contributed by atoms with Crippen LogP contribution in [0, 0.1) is 0 Å². The molecule has 5 N–H and O–H groups in total. The number of aromatic amines is 1. The number of H-pyrrole nitrogens is 1. The number of nitrogens with zero attached hydrogens (tertiary/aromatic N) is 2. The van der Waals surface area contributed by atoms with Gasteiger partial charge in [0.25, 0.3) is 0 Å². The lowest BCUT2D eigenvalue weighted by Gasteiger charge is -2.20. The molecule has 1 heterocycles. The lowest BCUT2D eigenvalue weighted by Crippen LogP contribution is -2.09. The molecule has 1 aromatic heterocycles. The highest BCUT2D eigenvalue weighted by Gasteiger charge is 2.11. The van der Waals surface area contributed by atoms with Crippen LogP contribution in [0.15, 0.2) is 84.9 Å². The van der Waals surface area contributed by atoms with Crippen LogP contribution in [0.25, 0.3) is 21.8 Å². The first kappa shape index (κ1) is 18.9. The Morgan fingerprint density at radius 2 is 0.871 bits per heavy atom. The average molecular weight is 408 g/mol. The number of nitrogens with one attached hydrogen (secondary N) is 1. The van der Waals surface area contributed by atoms with Gasteiger partial charge in [-0.15, -0.1) is 0 Å². The minimum atomic E-state index is 0.766. The van der Waals surface area contributed by atoms with E-state index in [0.29, 0.717) is 0 Å². The zero-order valence-electron chi connectivity index (χ0n) is 17.6. The third kappa shape index (κ3) is 3.40. The molecule has 0 radical (unpaired) electrons. The van der Waals surface area contributed by atoms with Crippen molar-refractivity contribution < 1.29 is 0 Å². The molecule has 0 unspecified atom stereocenters. The van der Waals surface area contributed by atoms with Gasteiger partial charge in [0.2, 0.25) is 0 Å². The van der Waals surface area contributed by atoms with Crippen LogP contribution >= 0.6 is 0 Å². The molecule has 0 bridgehead atoms. The number of aromatic nitrogens is 1. The maximum atomic E-state index is 5.84. The fraction of sp³-hybridized carbons (Fsp3) is 0.0769. The van der Waals surface area contributed by atoms with Crippen molar-refractivity contribution in [2.45, 2.75) is 0 Å². The summed E-state index contributed by atoms with van der Waals surface area (Å²) >= 11 is 0. The first-order valence-corrected chi connectivity index (χ1v) is 10.2. The van der Waals surface area contributed by atoms with Gasteiger partial charge in [0.05, 0.1) is 0 Å². The van der Waals surface area contributed by atoms with E-state index in [4.69, 9.17) is 11.5 Å². The fourth-order valence-electron chi connectivity index (χ4n) is 3.98. The molecule has 0 aliphatic carbocycles. The van der Waals surface area contributed by atoms with Gasteiger partial charge in [-0.05, 0) is 84.9 Å². The molecule has 0 saturated heterocycles. The number of nitrogen functional groups attached to an aromatic ring is 2. The van der Waals surface area contributed by atoms with E-state index in [1.807, 2.05) is 48.5 Å². The minimum Gasteiger partial charge on any atom is -0.399 e. The van der Waals surface area contributed by atoms with Gasteiger partial charge in [0.1, 0.15) is 0 Å². The Morgan fingerprint density at radius 1 is 0.516 bits per heavy atom. The van der Waals surface area contributed by atoms with Crippen LogP contribution in [0.2, 0.25) is 0 Å². The van der Waals surface area contributed by atoms with E-state index in [-0.39, 0.29) is 0 Å². The summed E-state index contributed by atoms with van der Waals surface area (Å²) in [5, 5.41) is 2.39. The second-order valence-corrected chi connectivity index (χ2v) is 7.89. The van der Waals surface area contributed by atoms with E-state index < -0.39 is 0 Å². The number of hydrogen-bond acceptors (Lipinski definition) is 4. The van der Waals surface area contributed by atoms with Crippen LogP contribution in [-0.4, -0.2) is 19.1 Å². The van der Waals surface area contributed by atoms with Crippen LogP contribution in [0.4, 0.5) is 34.1 Å². The summed E-state index contributed by atoms with van der Waals surface area (Å²) in [6, 6.07) is 28.9. The standard InChI is InChI=1S/C26H25N5/c1-30(19-7-3-17(27)4-8-19)21-11-13-25-23(15-21)24-16-22(12-14-26(24)29-25)31(2)20-9-5-18(28)6-10-20/h3-16,29H,27-28H2,1-2H3. The normalized spacial score (nSPS) is 11.2. The van der Waals surface area contributed by atoms with Gasteiger partial charge in [0, 0.05) is 70.0 Å². The number of hydrogen-bond donors (Lipinski definition) is 3. The summed E-state index contributed by atoms with van der Waals surface area (Å²) < 4.78 is 0. The molecule has 5 rings (SSSR count). The van der Waals surface area contributed by atoms with Gasteiger partial charge in [-0.3, -0.25) is 0 Å². The fourth-order valence-corrected chi connectivity index (χ4v) is 3.98. The van der Waals surface area contributed by atoms with E-state index in [9.17, 15) is 0 Å². The highest BCUT2D eigenvalue weighted by Crippen LogP contribution is 2.34. The van der Waals surface area contributed by atoms with Crippen LogP contribution in [-0.2, 0) is 0 Å². The van der Waals surface area contributed by atoms with Crippen molar-refractivity contribution in [3.63, 3.8) is 0 Å². The second kappa shape index (κ2) is 7.29. The number of fused-ring (bicyclic) bond motifs is 3. The Balaban J connectivity index is 1.57. The first-order valence-electron chi connectivity index (χ1n) is 10.2.